The first kappa shape index (κ1) is 19.0. The fourth-order valence-electron chi connectivity index (χ4n) is 3.16. The molecule has 1 unspecified atom stereocenters. The topological polar surface area (TPSA) is 61.4 Å². The number of nitrogens with zero attached hydrogens (tertiary/aromatic N) is 1. The van der Waals surface area contributed by atoms with Gasteiger partial charge in [0.05, 0.1) is 11.5 Å². The van der Waals surface area contributed by atoms with E-state index in [4.69, 9.17) is 0 Å². The number of nitrogens with one attached hydrogen (secondary N) is 2. The summed E-state index contributed by atoms with van der Waals surface area (Å²) in [6, 6.07) is 15.5. The summed E-state index contributed by atoms with van der Waals surface area (Å²) >= 11 is 0. The van der Waals surface area contributed by atoms with Gasteiger partial charge in [-0.1, -0.05) is 37.3 Å². The van der Waals surface area contributed by atoms with Crippen LogP contribution in [0.3, 0.4) is 0 Å². The molecule has 2 amide bonds. The molecule has 0 saturated heterocycles. The Morgan fingerprint density at radius 3 is 2.41 bits per heavy atom. The molecule has 0 aromatic heterocycles. The molecule has 27 heavy (non-hydrogen) atoms. The highest BCUT2D eigenvalue weighted by molar-refractivity contribution is 6.03. The van der Waals surface area contributed by atoms with E-state index in [-0.39, 0.29) is 23.8 Å². The Morgan fingerprint density at radius 2 is 1.81 bits per heavy atom. The van der Waals surface area contributed by atoms with Crippen LogP contribution in [0.4, 0.5) is 11.4 Å². The molecule has 1 atom stereocenters. The lowest BCUT2D eigenvalue weighted by molar-refractivity contribution is -0.117. The van der Waals surface area contributed by atoms with Gasteiger partial charge in [0.1, 0.15) is 0 Å². The van der Waals surface area contributed by atoms with E-state index >= 15 is 0 Å². The highest BCUT2D eigenvalue weighted by Gasteiger charge is 2.26. The van der Waals surface area contributed by atoms with Crippen molar-refractivity contribution in [2.24, 2.45) is 0 Å². The van der Waals surface area contributed by atoms with Crippen LogP contribution in [0.15, 0.2) is 48.5 Å². The third kappa shape index (κ3) is 4.67. The first-order valence-electron chi connectivity index (χ1n) is 9.47. The van der Waals surface area contributed by atoms with Crippen LogP contribution in [0, 0.1) is 0 Å². The first-order valence-corrected chi connectivity index (χ1v) is 9.47. The van der Waals surface area contributed by atoms with E-state index in [0.717, 1.165) is 24.1 Å². The van der Waals surface area contributed by atoms with E-state index in [1.54, 1.807) is 6.07 Å². The molecule has 3 rings (SSSR count). The van der Waals surface area contributed by atoms with Gasteiger partial charge in [0.2, 0.25) is 5.91 Å². The monoisotopic (exact) mass is 365 g/mol. The van der Waals surface area contributed by atoms with Crippen molar-refractivity contribution in [3.05, 3.63) is 59.7 Å². The number of hydrogen-bond donors (Lipinski definition) is 2. The predicted octanol–water partition coefficient (Wildman–Crippen LogP) is 3.78. The molecule has 0 bridgehead atoms. The summed E-state index contributed by atoms with van der Waals surface area (Å²) in [6.45, 7) is 2.00. The van der Waals surface area contributed by atoms with Gasteiger partial charge < -0.3 is 15.5 Å². The molecule has 1 aliphatic rings. The van der Waals surface area contributed by atoms with Crippen LogP contribution in [0.25, 0.3) is 0 Å². The van der Waals surface area contributed by atoms with Gasteiger partial charge in [0.25, 0.3) is 5.91 Å². The average Bonchev–Trinajstić information content (AvgIpc) is 3.47. The van der Waals surface area contributed by atoms with Gasteiger partial charge in [0, 0.05) is 31.5 Å². The predicted molar refractivity (Wildman–Crippen MR) is 109 cm³/mol. The van der Waals surface area contributed by atoms with Gasteiger partial charge in [-0.3, -0.25) is 9.59 Å². The molecule has 0 radical (unpaired) electrons. The Hall–Kier alpha value is -2.82. The quantitative estimate of drug-likeness (QED) is 0.785. The van der Waals surface area contributed by atoms with Crippen molar-refractivity contribution < 1.29 is 9.59 Å². The first-order chi connectivity index (χ1) is 13.0. The second-order valence-corrected chi connectivity index (χ2v) is 7.23. The van der Waals surface area contributed by atoms with Gasteiger partial charge in [-0.15, -0.1) is 0 Å². The lowest BCUT2D eigenvalue weighted by Gasteiger charge is -2.20. The molecule has 5 heteroatoms. The highest BCUT2D eigenvalue weighted by atomic mass is 16.2. The second-order valence-electron chi connectivity index (χ2n) is 7.23. The van der Waals surface area contributed by atoms with Gasteiger partial charge in [0.15, 0.2) is 0 Å². The molecular weight excluding hydrogens is 338 g/mol. The van der Waals surface area contributed by atoms with Gasteiger partial charge in [-0.2, -0.15) is 0 Å². The van der Waals surface area contributed by atoms with Crippen LogP contribution in [-0.2, 0) is 4.79 Å². The van der Waals surface area contributed by atoms with Gasteiger partial charge in [-0.05, 0) is 43.0 Å². The normalized spacial score (nSPS) is 14.3. The van der Waals surface area contributed by atoms with Crippen LogP contribution in [0.1, 0.15) is 48.0 Å². The highest BCUT2D eigenvalue weighted by Crippen LogP contribution is 2.27. The van der Waals surface area contributed by atoms with Crippen molar-refractivity contribution >= 4 is 23.2 Å². The number of benzene rings is 2. The molecule has 5 nitrogen and oxygen atoms in total. The maximum atomic E-state index is 12.8. The summed E-state index contributed by atoms with van der Waals surface area (Å²) < 4.78 is 0. The Morgan fingerprint density at radius 1 is 1.11 bits per heavy atom. The zero-order valence-electron chi connectivity index (χ0n) is 16.2. The molecule has 2 N–H and O–H groups in total. The lowest BCUT2D eigenvalue weighted by Crippen LogP contribution is -2.28. The average molecular weight is 365 g/mol. The third-order valence-corrected chi connectivity index (χ3v) is 4.83. The molecule has 0 aliphatic heterocycles. The van der Waals surface area contributed by atoms with E-state index in [9.17, 15) is 9.59 Å². The Balaban J connectivity index is 1.81. The number of amides is 2. The van der Waals surface area contributed by atoms with Crippen LogP contribution in [-0.4, -0.2) is 32.0 Å². The Labute approximate surface area is 160 Å². The summed E-state index contributed by atoms with van der Waals surface area (Å²) in [5.41, 5.74) is 3.05. The number of carbonyl (C=O) groups is 2. The largest absolute Gasteiger partial charge is 0.377 e. The number of hydrogen-bond acceptors (Lipinski definition) is 3. The minimum Gasteiger partial charge on any atom is -0.377 e. The fourth-order valence-corrected chi connectivity index (χ4v) is 3.16. The van der Waals surface area contributed by atoms with Crippen molar-refractivity contribution in [1.29, 1.82) is 0 Å². The van der Waals surface area contributed by atoms with E-state index in [0.29, 0.717) is 17.7 Å². The molecule has 0 heterocycles. The van der Waals surface area contributed by atoms with Crippen molar-refractivity contribution in [2.45, 2.75) is 38.1 Å². The molecule has 0 spiro atoms. The van der Waals surface area contributed by atoms with E-state index in [2.05, 4.69) is 10.6 Å². The lowest BCUT2D eigenvalue weighted by atomic mass is 9.95. The van der Waals surface area contributed by atoms with Crippen LogP contribution >= 0.6 is 0 Å². The molecule has 2 aromatic rings. The summed E-state index contributed by atoms with van der Waals surface area (Å²) in [7, 11) is 3.81. The van der Waals surface area contributed by atoms with E-state index in [1.165, 1.54) is 0 Å². The number of anilines is 2. The van der Waals surface area contributed by atoms with Crippen molar-refractivity contribution in [3.8, 4) is 0 Å². The summed E-state index contributed by atoms with van der Waals surface area (Å²) in [6.07, 6.45) is 2.78. The van der Waals surface area contributed by atoms with E-state index in [1.807, 2.05) is 68.4 Å². The minimum atomic E-state index is -0.219. The second kappa shape index (κ2) is 8.25. The summed E-state index contributed by atoms with van der Waals surface area (Å²) in [5, 5.41) is 6.01. The van der Waals surface area contributed by atoms with Crippen LogP contribution < -0.4 is 15.5 Å². The van der Waals surface area contributed by atoms with Gasteiger partial charge >= 0.3 is 0 Å². The number of rotatable bonds is 7. The zero-order chi connectivity index (χ0) is 19.4. The smallest absolute Gasteiger partial charge is 0.253 e. The molecule has 142 valence electrons. The molecule has 1 aliphatic carbocycles. The Kier molecular flexibility index (Phi) is 5.79. The maximum absolute atomic E-state index is 12.8. The van der Waals surface area contributed by atoms with Crippen LogP contribution in [0.2, 0.25) is 0 Å². The molecular formula is C22H27N3O2. The molecule has 2 aromatic carbocycles. The SMILES string of the molecule is CCC(C(=O)Nc1ccc(N(C)C)c(C(=O)NC2CC2)c1)c1ccccc1. The molecule has 1 saturated carbocycles. The number of carbonyl (C=O) groups excluding carboxylic acids is 2. The van der Waals surface area contributed by atoms with Crippen molar-refractivity contribution in [3.63, 3.8) is 0 Å². The van der Waals surface area contributed by atoms with Crippen molar-refractivity contribution in [2.75, 3.05) is 24.3 Å². The molecule has 1 fully saturated rings. The maximum Gasteiger partial charge on any atom is 0.253 e. The fraction of sp³-hybridized carbons (Fsp3) is 0.364. The van der Waals surface area contributed by atoms with Gasteiger partial charge in [-0.25, -0.2) is 0 Å². The van der Waals surface area contributed by atoms with E-state index < -0.39 is 0 Å². The minimum absolute atomic E-state index is 0.0603. The van der Waals surface area contributed by atoms with Crippen LogP contribution in [0.5, 0.6) is 0 Å². The van der Waals surface area contributed by atoms with Crippen molar-refractivity contribution in [1.82, 2.24) is 5.32 Å². The Bertz CT molecular complexity index is 814. The summed E-state index contributed by atoms with van der Waals surface area (Å²) in [5.74, 6) is -0.370. The standard InChI is InChI=1S/C22H27N3O2/c1-4-18(15-8-6-5-7-9-15)21(26)24-17-12-13-20(25(2)3)19(14-17)22(27)23-16-10-11-16/h5-9,12-14,16,18H,4,10-11H2,1-3H3,(H,23,27)(H,24,26). The zero-order valence-corrected chi connectivity index (χ0v) is 16.2. The summed E-state index contributed by atoms with van der Waals surface area (Å²) in [4.78, 5) is 27.3. The third-order valence-electron chi connectivity index (χ3n) is 4.83.